The quantitative estimate of drug-likeness (QED) is 0.732. The first-order chi connectivity index (χ1) is 13.7. The zero-order valence-corrected chi connectivity index (χ0v) is 16.1. The highest BCUT2D eigenvalue weighted by atomic mass is 19.1. The first-order valence-corrected chi connectivity index (χ1v) is 10.3. The van der Waals surface area contributed by atoms with Crippen molar-refractivity contribution >= 4 is 11.8 Å². The van der Waals surface area contributed by atoms with Gasteiger partial charge < -0.3 is 14.5 Å². The van der Waals surface area contributed by atoms with E-state index in [0.29, 0.717) is 24.8 Å². The van der Waals surface area contributed by atoms with Crippen molar-refractivity contribution in [3.8, 4) is 5.75 Å². The van der Waals surface area contributed by atoms with Gasteiger partial charge in [-0.3, -0.25) is 0 Å². The molecule has 0 spiro atoms. The van der Waals surface area contributed by atoms with Crippen molar-refractivity contribution in [2.24, 2.45) is 0 Å². The number of anilines is 1. The SMILES string of the molecule is O=C(Oc1cccc(N2CCCCC2)c1)N1CCC(c2ccc(F)cc2)CC1. The highest BCUT2D eigenvalue weighted by Gasteiger charge is 2.25. The van der Waals surface area contributed by atoms with Gasteiger partial charge in [-0.05, 0) is 67.9 Å². The Hall–Kier alpha value is -2.56. The Morgan fingerprint density at radius 2 is 1.64 bits per heavy atom. The Morgan fingerprint density at radius 3 is 2.36 bits per heavy atom. The molecule has 5 heteroatoms. The summed E-state index contributed by atoms with van der Waals surface area (Å²) in [5, 5.41) is 0. The molecule has 2 aliphatic heterocycles. The van der Waals surface area contributed by atoms with E-state index in [1.165, 1.54) is 31.4 Å². The van der Waals surface area contributed by atoms with Crippen molar-refractivity contribution in [1.29, 1.82) is 0 Å². The summed E-state index contributed by atoms with van der Waals surface area (Å²) in [6.07, 6.45) is 5.18. The van der Waals surface area contributed by atoms with Crippen LogP contribution in [0.4, 0.5) is 14.9 Å². The smallest absolute Gasteiger partial charge is 0.410 e. The fourth-order valence-electron chi connectivity index (χ4n) is 4.19. The molecule has 4 rings (SSSR count). The summed E-state index contributed by atoms with van der Waals surface area (Å²) in [4.78, 5) is 16.7. The van der Waals surface area contributed by atoms with Crippen LogP contribution in [0.2, 0.25) is 0 Å². The largest absolute Gasteiger partial charge is 0.415 e. The highest BCUT2D eigenvalue weighted by Crippen LogP contribution is 2.29. The van der Waals surface area contributed by atoms with Gasteiger partial charge in [0, 0.05) is 37.9 Å². The number of hydrogen-bond donors (Lipinski definition) is 0. The van der Waals surface area contributed by atoms with Crippen LogP contribution < -0.4 is 9.64 Å². The standard InChI is InChI=1S/C23H27FN2O2/c24-20-9-7-18(8-10-20)19-11-15-26(16-12-19)23(27)28-22-6-4-5-21(17-22)25-13-2-1-3-14-25/h4-10,17,19H,1-3,11-16H2. The van der Waals surface area contributed by atoms with Crippen LogP contribution in [0.25, 0.3) is 0 Å². The number of ether oxygens (including phenoxy) is 1. The van der Waals surface area contributed by atoms with E-state index in [4.69, 9.17) is 4.74 Å². The van der Waals surface area contributed by atoms with E-state index < -0.39 is 0 Å². The summed E-state index contributed by atoms with van der Waals surface area (Å²) in [6.45, 7) is 3.45. The topological polar surface area (TPSA) is 32.8 Å². The number of amides is 1. The summed E-state index contributed by atoms with van der Waals surface area (Å²) >= 11 is 0. The van der Waals surface area contributed by atoms with Crippen LogP contribution in [0.15, 0.2) is 48.5 Å². The lowest BCUT2D eigenvalue weighted by Crippen LogP contribution is -2.39. The van der Waals surface area contributed by atoms with Crippen LogP contribution in [0.1, 0.15) is 43.6 Å². The minimum Gasteiger partial charge on any atom is -0.410 e. The second-order valence-electron chi connectivity index (χ2n) is 7.73. The van der Waals surface area contributed by atoms with E-state index in [1.807, 2.05) is 30.3 Å². The Morgan fingerprint density at radius 1 is 0.929 bits per heavy atom. The fraction of sp³-hybridized carbons (Fsp3) is 0.435. The molecule has 2 aromatic rings. The van der Waals surface area contributed by atoms with Gasteiger partial charge in [0.1, 0.15) is 11.6 Å². The van der Waals surface area contributed by atoms with Gasteiger partial charge in [-0.15, -0.1) is 0 Å². The van der Waals surface area contributed by atoms with E-state index >= 15 is 0 Å². The fourth-order valence-corrected chi connectivity index (χ4v) is 4.19. The molecular formula is C23H27FN2O2. The van der Waals surface area contributed by atoms with Crippen molar-refractivity contribution in [1.82, 2.24) is 4.90 Å². The Balaban J connectivity index is 1.32. The first kappa shape index (κ1) is 18.8. The van der Waals surface area contributed by atoms with Gasteiger partial charge in [0.15, 0.2) is 0 Å². The number of likely N-dealkylation sites (tertiary alicyclic amines) is 1. The maximum absolute atomic E-state index is 13.1. The zero-order chi connectivity index (χ0) is 19.3. The van der Waals surface area contributed by atoms with Gasteiger partial charge in [0.2, 0.25) is 0 Å². The molecule has 4 nitrogen and oxygen atoms in total. The van der Waals surface area contributed by atoms with Crippen molar-refractivity contribution in [2.75, 3.05) is 31.1 Å². The molecule has 0 N–H and O–H groups in total. The molecule has 2 heterocycles. The number of carbonyl (C=O) groups is 1. The van der Waals surface area contributed by atoms with Crippen molar-refractivity contribution < 1.29 is 13.9 Å². The maximum atomic E-state index is 13.1. The third-order valence-corrected chi connectivity index (χ3v) is 5.84. The molecule has 0 unspecified atom stereocenters. The van der Waals surface area contributed by atoms with E-state index in [-0.39, 0.29) is 11.9 Å². The number of carbonyl (C=O) groups excluding carboxylic acids is 1. The number of benzene rings is 2. The lowest BCUT2D eigenvalue weighted by Gasteiger charge is -2.32. The Kier molecular flexibility index (Phi) is 5.79. The van der Waals surface area contributed by atoms with Crippen LogP contribution in [0, 0.1) is 5.82 Å². The molecular weight excluding hydrogens is 355 g/mol. The number of nitrogens with zero attached hydrogens (tertiary/aromatic N) is 2. The Labute approximate surface area is 165 Å². The molecule has 2 fully saturated rings. The summed E-state index contributed by atoms with van der Waals surface area (Å²) in [5.74, 6) is 0.761. The summed E-state index contributed by atoms with van der Waals surface area (Å²) in [6, 6.07) is 14.5. The van der Waals surface area contributed by atoms with E-state index in [0.717, 1.165) is 37.2 Å². The molecule has 2 aromatic carbocycles. The van der Waals surface area contributed by atoms with Crippen LogP contribution in [-0.2, 0) is 0 Å². The summed E-state index contributed by atoms with van der Waals surface area (Å²) in [7, 11) is 0. The molecule has 1 amide bonds. The van der Waals surface area contributed by atoms with Crippen LogP contribution in [-0.4, -0.2) is 37.2 Å². The van der Waals surface area contributed by atoms with Gasteiger partial charge in [-0.1, -0.05) is 18.2 Å². The van der Waals surface area contributed by atoms with Crippen molar-refractivity contribution in [3.63, 3.8) is 0 Å². The molecule has 0 aliphatic carbocycles. The normalized spacial score (nSPS) is 18.2. The first-order valence-electron chi connectivity index (χ1n) is 10.3. The molecule has 0 bridgehead atoms. The van der Waals surface area contributed by atoms with Gasteiger partial charge in [0.25, 0.3) is 0 Å². The van der Waals surface area contributed by atoms with Crippen LogP contribution in [0.3, 0.4) is 0 Å². The van der Waals surface area contributed by atoms with Crippen LogP contribution >= 0.6 is 0 Å². The number of piperidine rings is 2. The molecule has 0 atom stereocenters. The molecule has 2 aliphatic rings. The maximum Gasteiger partial charge on any atom is 0.415 e. The summed E-state index contributed by atoms with van der Waals surface area (Å²) in [5.41, 5.74) is 2.27. The van der Waals surface area contributed by atoms with Gasteiger partial charge in [0.05, 0.1) is 0 Å². The minimum atomic E-state index is -0.284. The second kappa shape index (κ2) is 8.63. The van der Waals surface area contributed by atoms with E-state index in [1.54, 1.807) is 4.90 Å². The molecule has 0 saturated carbocycles. The van der Waals surface area contributed by atoms with E-state index in [9.17, 15) is 9.18 Å². The van der Waals surface area contributed by atoms with Crippen molar-refractivity contribution in [2.45, 2.75) is 38.0 Å². The van der Waals surface area contributed by atoms with Gasteiger partial charge >= 0.3 is 6.09 Å². The molecule has 148 valence electrons. The van der Waals surface area contributed by atoms with Crippen LogP contribution in [0.5, 0.6) is 5.75 Å². The monoisotopic (exact) mass is 382 g/mol. The number of hydrogen-bond acceptors (Lipinski definition) is 3. The number of halogens is 1. The molecule has 0 aromatic heterocycles. The lowest BCUT2D eigenvalue weighted by atomic mass is 9.89. The summed E-state index contributed by atoms with van der Waals surface area (Å²) < 4.78 is 18.8. The zero-order valence-electron chi connectivity index (χ0n) is 16.1. The predicted molar refractivity (Wildman–Crippen MR) is 108 cm³/mol. The third kappa shape index (κ3) is 4.46. The predicted octanol–water partition coefficient (Wildman–Crippen LogP) is 5.19. The van der Waals surface area contributed by atoms with E-state index in [2.05, 4.69) is 11.0 Å². The molecule has 28 heavy (non-hydrogen) atoms. The average Bonchev–Trinajstić information content (AvgIpc) is 2.75. The molecule has 2 saturated heterocycles. The van der Waals surface area contributed by atoms with Gasteiger partial charge in [-0.2, -0.15) is 0 Å². The second-order valence-corrected chi connectivity index (χ2v) is 7.73. The Bertz CT molecular complexity index is 795. The third-order valence-electron chi connectivity index (χ3n) is 5.84. The number of rotatable bonds is 3. The van der Waals surface area contributed by atoms with Gasteiger partial charge in [-0.25, -0.2) is 9.18 Å². The lowest BCUT2D eigenvalue weighted by molar-refractivity contribution is 0.138. The average molecular weight is 382 g/mol. The minimum absolute atomic E-state index is 0.212. The highest BCUT2D eigenvalue weighted by molar-refractivity contribution is 5.71. The molecule has 0 radical (unpaired) electrons. The van der Waals surface area contributed by atoms with Crippen molar-refractivity contribution in [3.05, 3.63) is 59.9 Å².